The van der Waals surface area contributed by atoms with Crippen LogP contribution in [-0.4, -0.2) is 44.1 Å². The van der Waals surface area contributed by atoms with Crippen LogP contribution in [0, 0.1) is 13.8 Å². The van der Waals surface area contributed by atoms with Crippen LogP contribution in [0.25, 0.3) is 22.6 Å². The highest BCUT2D eigenvalue weighted by Crippen LogP contribution is 2.29. The number of aromatic nitrogens is 4. The fraction of sp³-hybridized carbons (Fsp3) is 0.348. The Hall–Kier alpha value is -3.55. The van der Waals surface area contributed by atoms with E-state index in [4.69, 9.17) is 8.83 Å². The molecule has 0 spiro atoms. The number of hydrogen-bond donors (Lipinski definition) is 0. The molecule has 8 nitrogen and oxygen atoms in total. The molecule has 1 aromatic carbocycles. The molecule has 0 aliphatic carbocycles. The van der Waals surface area contributed by atoms with Crippen LogP contribution < -0.4 is 0 Å². The molecular weight excluding hydrogens is 394 g/mol. The number of likely N-dealkylation sites (tertiary alicyclic amines) is 1. The lowest BCUT2D eigenvalue weighted by atomic mass is 9.97. The molecule has 1 atom stereocenters. The van der Waals surface area contributed by atoms with E-state index in [1.54, 1.807) is 24.9 Å². The predicted molar refractivity (Wildman–Crippen MR) is 113 cm³/mol. The minimum absolute atomic E-state index is 0.0154. The second kappa shape index (κ2) is 7.94. The van der Waals surface area contributed by atoms with Crippen molar-refractivity contribution in [1.29, 1.82) is 0 Å². The van der Waals surface area contributed by atoms with Crippen LogP contribution in [0.2, 0.25) is 0 Å². The van der Waals surface area contributed by atoms with Gasteiger partial charge in [0.05, 0.1) is 24.8 Å². The van der Waals surface area contributed by atoms with E-state index in [9.17, 15) is 4.79 Å². The van der Waals surface area contributed by atoms with Crippen molar-refractivity contribution in [2.45, 2.75) is 39.0 Å². The molecule has 0 saturated carbocycles. The third-order valence-corrected chi connectivity index (χ3v) is 5.96. The average Bonchev–Trinajstić information content (AvgIpc) is 3.43. The zero-order valence-corrected chi connectivity index (χ0v) is 17.5. The van der Waals surface area contributed by atoms with Gasteiger partial charge in [0.2, 0.25) is 11.8 Å². The SMILES string of the molecule is Cc1cc2occ(CC(=O)N3CCC[C@H](c4nnc(-c5cnccn5)o4)C3)c2cc1C. The van der Waals surface area contributed by atoms with Crippen molar-refractivity contribution in [3.63, 3.8) is 0 Å². The fourth-order valence-electron chi connectivity index (χ4n) is 4.07. The summed E-state index contributed by atoms with van der Waals surface area (Å²) in [5, 5.41) is 9.32. The zero-order valence-electron chi connectivity index (χ0n) is 17.5. The molecule has 0 radical (unpaired) electrons. The van der Waals surface area contributed by atoms with Crippen LogP contribution in [0.15, 0.2) is 45.8 Å². The maximum atomic E-state index is 13.1. The number of benzene rings is 1. The van der Waals surface area contributed by atoms with Crippen LogP contribution in [0.4, 0.5) is 0 Å². The van der Waals surface area contributed by atoms with E-state index >= 15 is 0 Å². The third-order valence-electron chi connectivity index (χ3n) is 5.96. The first kappa shape index (κ1) is 19.4. The molecule has 1 fully saturated rings. The summed E-state index contributed by atoms with van der Waals surface area (Å²) in [5.74, 6) is 0.987. The Morgan fingerprint density at radius 1 is 1.19 bits per heavy atom. The first-order valence-electron chi connectivity index (χ1n) is 10.4. The molecule has 1 aliphatic rings. The molecule has 158 valence electrons. The number of carbonyl (C=O) groups excluding carboxylic acids is 1. The van der Waals surface area contributed by atoms with E-state index in [-0.39, 0.29) is 11.8 Å². The summed E-state index contributed by atoms with van der Waals surface area (Å²) >= 11 is 0. The minimum Gasteiger partial charge on any atom is -0.464 e. The van der Waals surface area contributed by atoms with Gasteiger partial charge in [0, 0.05) is 36.4 Å². The van der Waals surface area contributed by atoms with Crippen molar-refractivity contribution in [2.24, 2.45) is 0 Å². The van der Waals surface area contributed by atoms with Gasteiger partial charge in [-0.05, 0) is 49.9 Å². The summed E-state index contributed by atoms with van der Waals surface area (Å²) in [6.45, 7) is 5.43. The van der Waals surface area contributed by atoms with Gasteiger partial charge in [-0.3, -0.25) is 9.78 Å². The number of rotatable bonds is 4. The lowest BCUT2D eigenvalue weighted by molar-refractivity contribution is -0.131. The summed E-state index contributed by atoms with van der Waals surface area (Å²) < 4.78 is 11.5. The van der Waals surface area contributed by atoms with E-state index in [1.807, 2.05) is 11.0 Å². The number of furan rings is 1. The Kier molecular flexibility index (Phi) is 4.97. The van der Waals surface area contributed by atoms with Gasteiger partial charge in [-0.25, -0.2) is 4.98 Å². The highest BCUT2D eigenvalue weighted by molar-refractivity contribution is 5.88. The molecule has 1 aliphatic heterocycles. The molecule has 1 saturated heterocycles. The average molecular weight is 417 g/mol. The summed E-state index contributed by atoms with van der Waals surface area (Å²) in [5.41, 5.74) is 4.66. The standard InChI is InChI=1S/C23H23N5O3/c1-14-8-18-17(13-30-20(18)9-15(14)2)10-21(29)28-7-3-4-16(12-28)22-26-27-23(31-22)19-11-24-5-6-25-19/h5-6,8-9,11,13,16H,3-4,7,10,12H2,1-2H3/t16-/m0/s1. The number of piperidine rings is 1. The Labute approximate surface area is 179 Å². The highest BCUT2D eigenvalue weighted by Gasteiger charge is 2.29. The smallest absolute Gasteiger partial charge is 0.267 e. The quantitative estimate of drug-likeness (QED) is 0.497. The predicted octanol–water partition coefficient (Wildman–Crippen LogP) is 3.84. The van der Waals surface area contributed by atoms with E-state index < -0.39 is 0 Å². The van der Waals surface area contributed by atoms with Crippen molar-refractivity contribution in [3.05, 3.63) is 59.6 Å². The van der Waals surface area contributed by atoms with Crippen molar-refractivity contribution in [2.75, 3.05) is 13.1 Å². The molecule has 5 rings (SSSR count). The first-order valence-corrected chi connectivity index (χ1v) is 10.4. The van der Waals surface area contributed by atoms with Crippen LogP contribution in [0.5, 0.6) is 0 Å². The van der Waals surface area contributed by atoms with Gasteiger partial charge in [-0.2, -0.15) is 0 Å². The highest BCUT2D eigenvalue weighted by atomic mass is 16.4. The molecule has 4 aromatic rings. The number of hydrogen-bond acceptors (Lipinski definition) is 7. The topological polar surface area (TPSA) is 98.2 Å². The minimum atomic E-state index is 0.0154. The van der Waals surface area contributed by atoms with Gasteiger partial charge in [0.1, 0.15) is 11.3 Å². The van der Waals surface area contributed by atoms with Gasteiger partial charge in [0.25, 0.3) is 5.89 Å². The lowest BCUT2D eigenvalue weighted by Gasteiger charge is -2.31. The Balaban J connectivity index is 1.30. The van der Waals surface area contributed by atoms with Gasteiger partial charge >= 0.3 is 0 Å². The molecule has 0 N–H and O–H groups in total. The Morgan fingerprint density at radius 2 is 2.06 bits per heavy atom. The number of amides is 1. The summed E-state index contributed by atoms with van der Waals surface area (Å²) in [4.78, 5) is 23.2. The summed E-state index contributed by atoms with van der Waals surface area (Å²) in [6.07, 6.45) is 8.58. The van der Waals surface area contributed by atoms with Gasteiger partial charge in [-0.1, -0.05) is 0 Å². The van der Waals surface area contributed by atoms with Gasteiger partial charge < -0.3 is 13.7 Å². The first-order chi connectivity index (χ1) is 15.1. The van der Waals surface area contributed by atoms with Crippen molar-refractivity contribution < 1.29 is 13.6 Å². The van der Waals surface area contributed by atoms with Gasteiger partial charge in [-0.15, -0.1) is 10.2 Å². The molecular formula is C23H23N5O3. The molecule has 4 heterocycles. The van der Waals surface area contributed by atoms with Crippen LogP contribution >= 0.6 is 0 Å². The van der Waals surface area contributed by atoms with Crippen LogP contribution in [-0.2, 0) is 11.2 Å². The second-order valence-corrected chi connectivity index (χ2v) is 8.09. The lowest BCUT2D eigenvalue weighted by Crippen LogP contribution is -2.40. The second-order valence-electron chi connectivity index (χ2n) is 8.09. The summed E-state index contributed by atoms with van der Waals surface area (Å²) in [6, 6.07) is 4.13. The van der Waals surface area contributed by atoms with E-state index in [0.29, 0.717) is 30.4 Å². The van der Waals surface area contributed by atoms with E-state index in [0.717, 1.165) is 35.9 Å². The Bertz CT molecular complexity index is 1230. The van der Waals surface area contributed by atoms with E-state index in [1.165, 1.54) is 11.1 Å². The van der Waals surface area contributed by atoms with Crippen molar-refractivity contribution in [3.8, 4) is 11.6 Å². The number of fused-ring (bicyclic) bond motifs is 1. The van der Waals surface area contributed by atoms with Crippen LogP contribution in [0.1, 0.15) is 41.3 Å². The molecule has 31 heavy (non-hydrogen) atoms. The molecule has 0 unspecified atom stereocenters. The Morgan fingerprint density at radius 3 is 2.90 bits per heavy atom. The molecule has 3 aromatic heterocycles. The molecule has 8 heteroatoms. The monoisotopic (exact) mass is 417 g/mol. The normalized spacial score (nSPS) is 16.7. The number of aryl methyl sites for hydroxylation is 2. The van der Waals surface area contributed by atoms with E-state index in [2.05, 4.69) is 40.1 Å². The number of carbonyl (C=O) groups is 1. The fourth-order valence-corrected chi connectivity index (χ4v) is 4.07. The maximum Gasteiger partial charge on any atom is 0.267 e. The largest absolute Gasteiger partial charge is 0.464 e. The van der Waals surface area contributed by atoms with Crippen molar-refractivity contribution in [1.82, 2.24) is 25.1 Å². The summed E-state index contributed by atoms with van der Waals surface area (Å²) in [7, 11) is 0. The zero-order chi connectivity index (χ0) is 21.4. The maximum absolute atomic E-state index is 13.1. The van der Waals surface area contributed by atoms with Gasteiger partial charge in [0.15, 0.2) is 0 Å². The van der Waals surface area contributed by atoms with Crippen molar-refractivity contribution >= 4 is 16.9 Å². The molecule has 0 bridgehead atoms. The molecule has 1 amide bonds. The third kappa shape index (κ3) is 3.81. The number of nitrogens with zero attached hydrogens (tertiary/aromatic N) is 5. The van der Waals surface area contributed by atoms with Crippen LogP contribution in [0.3, 0.4) is 0 Å².